The Morgan fingerprint density at radius 1 is 1.16 bits per heavy atom. The van der Waals surface area contributed by atoms with Crippen LogP contribution in [0, 0.1) is 5.92 Å². The van der Waals surface area contributed by atoms with Crippen molar-refractivity contribution in [2.45, 2.75) is 18.5 Å². The summed E-state index contributed by atoms with van der Waals surface area (Å²) in [7, 11) is 0. The lowest BCUT2D eigenvalue weighted by Gasteiger charge is -2.05. The van der Waals surface area contributed by atoms with Gasteiger partial charge in [-0.1, -0.05) is 41.9 Å². The molecule has 0 heterocycles. The van der Waals surface area contributed by atoms with Gasteiger partial charge in [0.15, 0.2) is 0 Å². The highest BCUT2D eigenvalue weighted by atomic mass is 35.5. The molecule has 1 aliphatic carbocycles. The lowest BCUT2D eigenvalue weighted by Crippen LogP contribution is -2.20. The van der Waals surface area contributed by atoms with Gasteiger partial charge in [-0.05, 0) is 41.7 Å². The molecule has 25 heavy (non-hydrogen) atoms. The van der Waals surface area contributed by atoms with E-state index in [1.807, 2.05) is 18.2 Å². The van der Waals surface area contributed by atoms with Crippen LogP contribution in [0.1, 0.15) is 29.0 Å². The van der Waals surface area contributed by atoms with Gasteiger partial charge in [-0.25, -0.2) is 5.43 Å². The summed E-state index contributed by atoms with van der Waals surface area (Å²) < 4.78 is 37.4. The van der Waals surface area contributed by atoms with Gasteiger partial charge in [0.25, 0.3) is 0 Å². The van der Waals surface area contributed by atoms with Crippen molar-refractivity contribution in [2.75, 3.05) is 0 Å². The first-order chi connectivity index (χ1) is 11.9. The molecule has 1 fully saturated rings. The Hall–Kier alpha value is -2.34. The van der Waals surface area contributed by atoms with Crippen molar-refractivity contribution in [1.29, 1.82) is 0 Å². The zero-order valence-electron chi connectivity index (χ0n) is 12.9. The maximum absolute atomic E-state index is 12.5. The van der Waals surface area contributed by atoms with Gasteiger partial charge in [-0.2, -0.15) is 18.3 Å². The van der Waals surface area contributed by atoms with Crippen molar-refractivity contribution >= 4 is 23.7 Å². The van der Waals surface area contributed by atoms with Gasteiger partial charge < -0.3 is 0 Å². The van der Waals surface area contributed by atoms with Gasteiger partial charge >= 0.3 is 6.18 Å². The third kappa shape index (κ3) is 4.20. The van der Waals surface area contributed by atoms with Crippen molar-refractivity contribution in [3.05, 3.63) is 70.2 Å². The van der Waals surface area contributed by atoms with Gasteiger partial charge in [0.1, 0.15) is 0 Å². The topological polar surface area (TPSA) is 41.5 Å². The molecule has 3 nitrogen and oxygen atoms in total. The molecule has 2 aromatic rings. The molecule has 2 unspecified atom stereocenters. The van der Waals surface area contributed by atoms with E-state index in [0.717, 1.165) is 17.7 Å². The zero-order valence-corrected chi connectivity index (χ0v) is 13.7. The number of halogens is 4. The summed E-state index contributed by atoms with van der Waals surface area (Å²) in [6.07, 6.45) is -2.36. The number of nitrogens with zero attached hydrogens (tertiary/aromatic N) is 1. The van der Waals surface area contributed by atoms with Crippen LogP contribution in [0.15, 0.2) is 53.6 Å². The Labute approximate surface area is 147 Å². The largest absolute Gasteiger partial charge is 0.416 e. The Morgan fingerprint density at radius 3 is 2.48 bits per heavy atom. The van der Waals surface area contributed by atoms with E-state index in [1.54, 1.807) is 6.07 Å². The van der Waals surface area contributed by atoms with E-state index in [2.05, 4.69) is 10.5 Å². The fourth-order valence-electron chi connectivity index (χ4n) is 2.62. The van der Waals surface area contributed by atoms with E-state index < -0.39 is 11.7 Å². The Kier molecular flexibility index (Phi) is 4.81. The second kappa shape index (κ2) is 6.88. The quantitative estimate of drug-likeness (QED) is 0.623. The highest BCUT2D eigenvalue weighted by molar-refractivity contribution is 6.31. The van der Waals surface area contributed by atoms with E-state index in [0.29, 0.717) is 17.0 Å². The number of benzene rings is 2. The standard InChI is InChI=1S/C18H14ClF3N2O/c19-16-4-2-1-3-13(16)14-9-15(14)17(25)24-23-10-11-5-7-12(8-6-11)18(20,21)22/h1-8,10,14-15H,9H2,(H,24,25)/b23-10+. The highest BCUT2D eigenvalue weighted by Crippen LogP contribution is 2.49. The van der Waals surface area contributed by atoms with Crippen LogP contribution in [0.25, 0.3) is 0 Å². The Bertz CT molecular complexity index is 803. The number of hydrogen-bond donors (Lipinski definition) is 1. The van der Waals surface area contributed by atoms with E-state index in [4.69, 9.17) is 11.6 Å². The van der Waals surface area contributed by atoms with Crippen molar-refractivity contribution in [3.8, 4) is 0 Å². The summed E-state index contributed by atoms with van der Waals surface area (Å²) in [6, 6.07) is 11.9. The number of carbonyl (C=O) groups excluding carboxylic acids is 1. The van der Waals surface area contributed by atoms with Crippen LogP contribution in [0.5, 0.6) is 0 Å². The summed E-state index contributed by atoms with van der Waals surface area (Å²) in [5.74, 6) is -0.340. The molecule has 0 aromatic heterocycles. The van der Waals surface area contributed by atoms with Crippen LogP contribution >= 0.6 is 11.6 Å². The normalized spacial score (nSPS) is 19.8. The third-order valence-electron chi connectivity index (χ3n) is 4.06. The molecular formula is C18H14ClF3N2O. The van der Waals surface area contributed by atoms with Crippen LogP contribution in [0.2, 0.25) is 5.02 Å². The molecule has 0 aliphatic heterocycles. The fourth-order valence-corrected chi connectivity index (χ4v) is 2.89. The van der Waals surface area contributed by atoms with Crippen LogP contribution < -0.4 is 5.43 Å². The maximum Gasteiger partial charge on any atom is 0.416 e. The fraction of sp³-hybridized carbons (Fsp3) is 0.222. The van der Waals surface area contributed by atoms with Gasteiger partial charge in [0, 0.05) is 10.9 Å². The minimum Gasteiger partial charge on any atom is -0.273 e. The SMILES string of the molecule is O=C(N/N=C/c1ccc(C(F)(F)F)cc1)C1CC1c1ccccc1Cl. The van der Waals surface area contributed by atoms with Crippen LogP contribution in [0.4, 0.5) is 13.2 Å². The van der Waals surface area contributed by atoms with Crippen molar-refractivity contribution in [1.82, 2.24) is 5.43 Å². The lowest BCUT2D eigenvalue weighted by atomic mass is 10.1. The minimum atomic E-state index is -4.37. The van der Waals surface area contributed by atoms with Crippen LogP contribution in [0.3, 0.4) is 0 Å². The van der Waals surface area contributed by atoms with Gasteiger partial charge in [-0.15, -0.1) is 0 Å². The third-order valence-corrected chi connectivity index (χ3v) is 4.40. The second-order valence-corrected chi connectivity index (χ2v) is 6.23. The number of alkyl halides is 3. The highest BCUT2D eigenvalue weighted by Gasteiger charge is 2.44. The first-order valence-corrected chi connectivity index (χ1v) is 7.98. The molecule has 2 atom stereocenters. The lowest BCUT2D eigenvalue weighted by molar-refractivity contribution is -0.137. The number of hydrogen-bond acceptors (Lipinski definition) is 2. The van der Waals surface area contributed by atoms with Gasteiger partial charge in [-0.3, -0.25) is 4.79 Å². The number of amides is 1. The molecule has 3 rings (SSSR count). The summed E-state index contributed by atoms with van der Waals surface area (Å²) in [6.45, 7) is 0. The summed E-state index contributed by atoms with van der Waals surface area (Å²) in [5, 5.41) is 4.44. The van der Waals surface area contributed by atoms with Crippen molar-refractivity contribution in [2.24, 2.45) is 11.0 Å². The molecule has 1 N–H and O–H groups in total. The minimum absolute atomic E-state index is 0.0787. The molecule has 0 spiro atoms. The van der Waals surface area contributed by atoms with E-state index >= 15 is 0 Å². The van der Waals surface area contributed by atoms with Crippen molar-refractivity contribution < 1.29 is 18.0 Å². The number of hydrazone groups is 1. The molecule has 2 aromatic carbocycles. The predicted molar refractivity (Wildman–Crippen MR) is 89.5 cm³/mol. The van der Waals surface area contributed by atoms with E-state index in [9.17, 15) is 18.0 Å². The monoisotopic (exact) mass is 366 g/mol. The zero-order chi connectivity index (χ0) is 18.0. The molecule has 7 heteroatoms. The summed E-state index contributed by atoms with van der Waals surface area (Å²) >= 11 is 6.12. The van der Waals surface area contributed by atoms with Gasteiger partial charge in [0.2, 0.25) is 5.91 Å². The molecule has 1 amide bonds. The number of rotatable bonds is 4. The average Bonchev–Trinajstić information content (AvgIpc) is 3.35. The van der Waals surface area contributed by atoms with Crippen LogP contribution in [-0.2, 0) is 11.0 Å². The Morgan fingerprint density at radius 2 is 1.84 bits per heavy atom. The van der Waals surface area contributed by atoms with Gasteiger partial charge in [0.05, 0.1) is 11.8 Å². The number of nitrogens with one attached hydrogen (secondary N) is 1. The molecule has 0 radical (unpaired) electrons. The smallest absolute Gasteiger partial charge is 0.273 e. The average molecular weight is 367 g/mol. The second-order valence-electron chi connectivity index (χ2n) is 5.82. The molecular weight excluding hydrogens is 353 g/mol. The summed E-state index contributed by atoms with van der Waals surface area (Å²) in [4.78, 5) is 12.1. The maximum atomic E-state index is 12.5. The summed E-state index contributed by atoms with van der Waals surface area (Å²) in [5.41, 5.74) is 3.10. The predicted octanol–water partition coefficient (Wildman–Crippen LogP) is 4.61. The molecule has 130 valence electrons. The molecule has 0 bridgehead atoms. The first kappa shape index (κ1) is 17.5. The molecule has 1 aliphatic rings. The van der Waals surface area contributed by atoms with E-state index in [-0.39, 0.29) is 17.7 Å². The Balaban J connectivity index is 1.55. The van der Waals surface area contributed by atoms with E-state index in [1.165, 1.54) is 18.3 Å². The van der Waals surface area contributed by atoms with Crippen LogP contribution in [-0.4, -0.2) is 12.1 Å². The first-order valence-electron chi connectivity index (χ1n) is 7.61. The molecule has 1 saturated carbocycles. The molecule has 0 saturated heterocycles. The van der Waals surface area contributed by atoms with Crippen molar-refractivity contribution in [3.63, 3.8) is 0 Å². The number of carbonyl (C=O) groups is 1.